The SMILES string of the molecule is CC(C)(C)N1CCN(Cc2cccc3c2CCCN3)CC1. The summed E-state index contributed by atoms with van der Waals surface area (Å²) in [6, 6.07) is 6.76. The summed E-state index contributed by atoms with van der Waals surface area (Å²) in [5.74, 6) is 0. The standard InChI is InChI=1S/C18H29N3/c1-18(2,3)21-12-10-20(11-13-21)14-15-6-4-8-17-16(15)7-5-9-19-17/h4,6,8,19H,5,7,9-14H2,1-3H3. The second-order valence-corrected chi connectivity index (χ2v) is 7.41. The third-order valence-electron chi connectivity index (χ3n) is 4.91. The third kappa shape index (κ3) is 3.41. The minimum atomic E-state index is 0.307. The first-order valence-corrected chi connectivity index (χ1v) is 8.36. The summed E-state index contributed by atoms with van der Waals surface area (Å²) in [7, 11) is 0. The summed E-state index contributed by atoms with van der Waals surface area (Å²) in [4.78, 5) is 5.22. The molecule has 3 heteroatoms. The Bertz CT molecular complexity index is 482. The summed E-state index contributed by atoms with van der Waals surface area (Å²) in [6.45, 7) is 14.0. The summed E-state index contributed by atoms with van der Waals surface area (Å²) in [5, 5.41) is 3.54. The van der Waals surface area contributed by atoms with Crippen molar-refractivity contribution >= 4 is 5.69 Å². The van der Waals surface area contributed by atoms with E-state index in [4.69, 9.17) is 0 Å². The van der Waals surface area contributed by atoms with Crippen molar-refractivity contribution in [3.63, 3.8) is 0 Å². The molecular formula is C18H29N3. The highest BCUT2D eigenvalue weighted by molar-refractivity contribution is 5.56. The number of piperazine rings is 1. The maximum absolute atomic E-state index is 3.54. The normalized spacial score (nSPS) is 20.9. The zero-order chi connectivity index (χ0) is 14.9. The summed E-state index contributed by atoms with van der Waals surface area (Å²) < 4.78 is 0. The average Bonchev–Trinajstić information content (AvgIpc) is 2.47. The zero-order valence-corrected chi connectivity index (χ0v) is 13.8. The largest absolute Gasteiger partial charge is 0.385 e. The molecule has 3 rings (SSSR count). The maximum Gasteiger partial charge on any atom is 0.0375 e. The van der Waals surface area contributed by atoms with E-state index in [1.54, 1.807) is 5.56 Å². The van der Waals surface area contributed by atoms with Crippen LogP contribution in [0.2, 0.25) is 0 Å². The van der Waals surface area contributed by atoms with E-state index in [2.05, 4.69) is 54.1 Å². The molecule has 1 aromatic carbocycles. The zero-order valence-electron chi connectivity index (χ0n) is 13.8. The number of hydrogen-bond acceptors (Lipinski definition) is 3. The molecule has 21 heavy (non-hydrogen) atoms. The molecule has 0 aromatic heterocycles. The van der Waals surface area contributed by atoms with Gasteiger partial charge in [-0.05, 0) is 50.8 Å². The van der Waals surface area contributed by atoms with Crippen molar-refractivity contribution in [1.82, 2.24) is 9.80 Å². The number of fused-ring (bicyclic) bond motifs is 1. The third-order valence-corrected chi connectivity index (χ3v) is 4.91. The van der Waals surface area contributed by atoms with E-state index in [1.807, 2.05) is 0 Å². The number of nitrogens with zero attached hydrogens (tertiary/aromatic N) is 2. The second kappa shape index (κ2) is 5.98. The van der Waals surface area contributed by atoms with Crippen molar-refractivity contribution in [3.8, 4) is 0 Å². The predicted molar refractivity (Wildman–Crippen MR) is 89.9 cm³/mol. The molecule has 0 unspecified atom stereocenters. The molecule has 1 fully saturated rings. The van der Waals surface area contributed by atoms with E-state index >= 15 is 0 Å². The van der Waals surface area contributed by atoms with Gasteiger partial charge in [0, 0.05) is 50.5 Å². The van der Waals surface area contributed by atoms with E-state index in [9.17, 15) is 0 Å². The number of nitrogens with one attached hydrogen (secondary N) is 1. The van der Waals surface area contributed by atoms with E-state index in [0.717, 1.165) is 13.1 Å². The van der Waals surface area contributed by atoms with Gasteiger partial charge in [-0.1, -0.05) is 12.1 Å². The molecule has 1 aromatic rings. The van der Waals surface area contributed by atoms with Crippen LogP contribution in [0.1, 0.15) is 38.3 Å². The molecule has 0 saturated carbocycles. The number of anilines is 1. The van der Waals surface area contributed by atoms with Crippen molar-refractivity contribution in [2.24, 2.45) is 0 Å². The molecular weight excluding hydrogens is 258 g/mol. The van der Waals surface area contributed by atoms with Crippen LogP contribution in [0.4, 0.5) is 5.69 Å². The molecule has 0 radical (unpaired) electrons. The van der Waals surface area contributed by atoms with Crippen molar-refractivity contribution in [2.45, 2.75) is 45.7 Å². The monoisotopic (exact) mass is 287 g/mol. The molecule has 2 aliphatic rings. The Morgan fingerprint density at radius 1 is 1.10 bits per heavy atom. The molecule has 2 aliphatic heterocycles. The number of rotatable bonds is 2. The fourth-order valence-corrected chi connectivity index (χ4v) is 3.55. The van der Waals surface area contributed by atoms with Crippen molar-refractivity contribution in [2.75, 3.05) is 38.0 Å². The van der Waals surface area contributed by atoms with Gasteiger partial charge < -0.3 is 5.32 Å². The molecule has 3 nitrogen and oxygen atoms in total. The minimum Gasteiger partial charge on any atom is -0.385 e. The summed E-state index contributed by atoms with van der Waals surface area (Å²) >= 11 is 0. The number of benzene rings is 1. The topological polar surface area (TPSA) is 18.5 Å². The van der Waals surface area contributed by atoms with Gasteiger partial charge in [0.25, 0.3) is 0 Å². The van der Waals surface area contributed by atoms with Gasteiger partial charge in [0.2, 0.25) is 0 Å². The van der Waals surface area contributed by atoms with Gasteiger partial charge in [0.05, 0.1) is 0 Å². The Morgan fingerprint density at radius 2 is 1.86 bits per heavy atom. The van der Waals surface area contributed by atoms with Gasteiger partial charge >= 0.3 is 0 Å². The quantitative estimate of drug-likeness (QED) is 0.902. The van der Waals surface area contributed by atoms with Gasteiger partial charge in [-0.15, -0.1) is 0 Å². The first-order valence-electron chi connectivity index (χ1n) is 8.36. The van der Waals surface area contributed by atoms with Crippen molar-refractivity contribution in [1.29, 1.82) is 0 Å². The fourth-order valence-electron chi connectivity index (χ4n) is 3.55. The van der Waals surface area contributed by atoms with Crippen LogP contribution in [0, 0.1) is 0 Å². The van der Waals surface area contributed by atoms with Gasteiger partial charge in [-0.3, -0.25) is 9.80 Å². The molecule has 2 heterocycles. The lowest BCUT2D eigenvalue weighted by Gasteiger charge is -2.42. The van der Waals surface area contributed by atoms with Crippen LogP contribution in [-0.2, 0) is 13.0 Å². The molecule has 0 spiro atoms. The molecule has 0 bridgehead atoms. The van der Waals surface area contributed by atoms with E-state index < -0.39 is 0 Å². The Morgan fingerprint density at radius 3 is 2.57 bits per heavy atom. The summed E-state index contributed by atoms with van der Waals surface area (Å²) in [5.41, 5.74) is 4.76. The highest BCUT2D eigenvalue weighted by Gasteiger charge is 2.26. The van der Waals surface area contributed by atoms with Crippen LogP contribution >= 0.6 is 0 Å². The van der Waals surface area contributed by atoms with Crippen LogP contribution in [-0.4, -0.2) is 48.1 Å². The predicted octanol–water partition coefficient (Wildman–Crippen LogP) is 2.96. The van der Waals surface area contributed by atoms with Gasteiger partial charge in [0.15, 0.2) is 0 Å². The molecule has 1 saturated heterocycles. The Kier molecular flexibility index (Phi) is 4.23. The fraction of sp³-hybridized carbons (Fsp3) is 0.667. The average molecular weight is 287 g/mol. The van der Waals surface area contributed by atoms with E-state index in [1.165, 1.54) is 50.3 Å². The first kappa shape index (κ1) is 14.9. The van der Waals surface area contributed by atoms with Crippen molar-refractivity contribution in [3.05, 3.63) is 29.3 Å². The Hall–Kier alpha value is -1.06. The van der Waals surface area contributed by atoms with Gasteiger partial charge in [0.1, 0.15) is 0 Å². The molecule has 0 aliphatic carbocycles. The minimum absolute atomic E-state index is 0.307. The maximum atomic E-state index is 3.54. The number of hydrogen-bond donors (Lipinski definition) is 1. The molecule has 0 amide bonds. The second-order valence-electron chi connectivity index (χ2n) is 7.41. The highest BCUT2D eigenvalue weighted by Crippen LogP contribution is 2.26. The van der Waals surface area contributed by atoms with Crippen LogP contribution in [0.15, 0.2) is 18.2 Å². The lowest BCUT2D eigenvalue weighted by Crippen LogP contribution is -2.53. The lowest BCUT2D eigenvalue weighted by atomic mass is 9.97. The Balaban J connectivity index is 1.64. The molecule has 116 valence electrons. The van der Waals surface area contributed by atoms with Crippen LogP contribution in [0.5, 0.6) is 0 Å². The molecule has 0 atom stereocenters. The van der Waals surface area contributed by atoms with Crippen LogP contribution in [0.25, 0.3) is 0 Å². The van der Waals surface area contributed by atoms with Gasteiger partial charge in [-0.2, -0.15) is 0 Å². The summed E-state index contributed by atoms with van der Waals surface area (Å²) in [6.07, 6.45) is 2.50. The van der Waals surface area contributed by atoms with Crippen LogP contribution < -0.4 is 5.32 Å². The lowest BCUT2D eigenvalue weighted by molar-refractivity contribution is 0.0590. The Labute approximate surface area is 129 Å². The smallest absolute Gasteiger partial charge is 0.0375 e. The molecule has 1 N–H and O–H groups in total. The van der Waals surface area contributed by atoms with E-state index in [0.29, 0.717) is 5.54 Å². The van der Waals surface area contributed by atoms with E-state index in [-0.39, 0.29) is 0 Å². The van der Waals surface area contributed by atoms with Gasteiger partial charge in [-0.25, -0.2) is 0 Å². The highest BCUT2D eigenvalue weighted by atomic mass is 15.3. The first-order chi connectivity index (χ1) is 10.0. The van der Waals surface area contributed by atoms with Crippen LogP contribution in [0.3, 0.4) is 0 Å². The van der Waals surface area contributed by atoms with Crippen molar-refractivity contribution < 1.29 is 0 Å².